The van der Waals surface area contributed by atoms with E-state index >= 15 is 0 Å². The van der Waals surface area contributed by atoms with Gasteiger partial charge in [0.2, 0.25) is 0 Å². The first-order valence-corrected chi connectivity index (χ1v) is 9.46. The van der Waals surface area contributed by atoms with Crippen LogP contribution in [0.3, 0.4) is 0 Å². The van der Waals surface area contributed by atoms with Crippen molar-refractivity contribution in [3.05, 3.63) is 41.9 Å². The van der Waals surface area contributed by atoms with Crippen LogP contribution in [0.15, 0.2) is 30.3 Å². The minimum Gasteiger partial charge on any atom is -0.494 e. The normalized spacial score (nSPS) is 14.9. The Hall–Kier alpha value is -2.67. The van der Waals surface area contributed by atoms with Crippen LogP contribution in [0.2, 0.25) is 0 Å². The predicted molar refractivity (Wildman–Crippen MR) is 106 cm³/mol. The Bertz CT molecular complexity index is 770. The quantitative estimate of drug-likeness (QED) is 0.844. The van der Waals surface area contributed by atoms with Crippen molar-refractivity contribution < 1.29 is 9.53 Å². The molecule has 1 aromatic carbocycles. The number of ether oxygens (including phenoxy) is 1. The number of likely N-dealkylation sites (N-methyl/N-ethyl adjacent to an activating group) is 1. The van der Waals surface area contributed by atoms with Crippen molar-refractivity contribution in [1.29, 1.82) is 0 Å². The molecule has 1 aromatic heterocycles. The molecule has 0 radical (unpaired) electrons. The maximum absolute atomic E-state index is 12.8. The van der Waals surface area contributed by atoms with Crippen LogP contribution in [0.25, 0.3) is 0 Å². The monoisotopic (exact) mass is 369 g/mol. The molecule has 2 aromatic rings. The molecule has 0 spiro atoms. The van der Waals surface area contributed by atoms with E-state index in [1.165, 1.54) is 0 Å². The average Bonchev–Trinajstić information content (AvgIpc) is 2.69. The van der Waals surface area contributed by atoms with Crippen LogP contribution < -0.4 is 10.1 Å². The van der Waals surface area contributed by atoms with Crippen molar-refractivity contribution in [2.24, 2.45) is 0 Å². The minimum absolute atomic E-state index is 0.0361. The molecule has 1 N–H and O–H groups in total. The molecule has 2 heterocycles. The van der Waals surface area contributed by atoms with E-state index in [-0.39, 0.29) is 5.91 Å². The van der Waals surface area contributed by atoms with Crippen LogP contribution in [-0.2, 0) is 0 Å². The molecule has 0 unspecified atom stereocenters. The third-order valence-corrected chi connectivity index (χ3v) is 4.60. The summed E-state index contributed by atoms with van der Waals surface area (Å²) in [5, 5.41) is 3.24. The molecule has 0 aliphatic carbocycles. The molecule has 7 heteroatoms. The number of piperazine rings is 1. The summed E-state index contributed by atoms with van der Waals surface area (Å²) >= 11 is 0. The predicted octanol–water partition coefficient (Wildman–Crippen LogP) is 2.71. The molecule has 3 rings (SSSR count). The number of carbonyl (C=O) groups excluding carboxylic acids is 1. The molecule has 7 nitrogen and oxygen atoms in total. The molecule has 0 bridgehead atoms. The molecular weight excluding hydrogens is 342 g/mol. The summed E-state index contributed by atoms with van der Waals surface area (Å²) < 4.78 is 5.46. The van der Waals surface area contributed by atoms with E-state index in [0.717, 1.165) is 44.2 Å². The number of carbonyl (C=O) groups is 1. The highest BCUT2D eigenvalue weighted by atomic mass is 16.5. The molecule has 27 heavy (non-hydrogen) atoms. The zero-order valence-electron chi connectivity index (χ0n) is 16.2. The van der Waals surface area contributed by atoms with E-state index in [9.17, 15) is 4.79 Å². The summed E-state index contributed by atoms with van der Waals surface area (Å²) in [5.74, 6) is 1.97. The third-order valence-electron chi connectivity index (χ3n) is 4.60. The topological polar surface area (TPSA) is 70.6 Å². The Labute approximate surface area is 160 Å². The molecule has 1 aliphatic heterocycles. The van der Waals surface area contributed by atoms with Gasteiger partial charge in [-0.05, 0) is 44.7 Å². The fraction of sp³-hybridized carbons (Fsp3) is 0.450. The maximum atomic E-state index is 12.8. The highest BCUT2D eigenvalue weighted by Crippen LogP contribution is 2.20. The Kier molecular flexibility index (Phi) is 6.24. The standard InChI is InChI=1S/C20H27N5O2/c1-4-24-10-12-25(13-11-24)20(26)18-14-19(22-15(3)21-18)23-16-6-8-17(9-7-16)27-5-2/h6-9,14H,4-5,10-13H2,1-3H3,(H,21,22,23). The lowest BCUT2D eigenvalue weighted by atomic mass is 10.2. The van der Waals surface area contributed by atoms with Gasteiger partial charge < -0.3 is 19.9 Å². The largest absolute Gasteiger partial charge is 0.494 e. The second kappa shape index (κ2) is 8.81. The Balaban J connectivity index is 1.71. The highest BCUT2D eigenvalue weighted by Gasteiger charge is 2.23. The van der Waals surface area contributed by atoms with Gasteiger partial charge in [-0.1, -0.05) is 6.92 Å². The lowest BCUT2D eigenvalue weighted by molar-refractivity contribution is 0.0637. The summed E-state index contributed by atoms with van der Waals surface area (Å²) in [7, 11) is 0. The lowest BCUT2D eigenvalue weighted by Crippen LogP contribution is -2.48. The summed E-state index contributed by atoms with van der Waals surface area (Å²) in [6.45, 7) is 10.8. The van der Waals surface area contributed by atoms with Gasteiger partial charge in [0.1, 0.15) is 23.1 Å². The second-order valence-electron chi connectivity index (χ2n) is 6.49. The van der Waals surface area contributed by atoms with Gasteiger partial charge in [-0.15, -0.1) is 0 Å². The molecule has 1 aliphatic rings. The fourth-order valence-corrected chi connectivity index (χ4v) is 3.12. The van der Waals surface area contributed by atoms with E-state index in [1.807, 2.05) is 36.1 Å². The molecule has 144 valence electrons. The number of benzene rings is 1. The van der Waals surface area contributed by atoms with Crippen molar-refractivity contribution in [3.63, 3.8) is 0 Å². The fourth-order valence-electron chi connectivity index (χ4n) is 3.12. The van der Waals surface area contributed by atoms with Crippen molar-refractivity contribution in [3.8, 4) is 5.75 Å². The minimum atomic E-state index is -0.0361. The van der Waals surface area contributed by atoms with Crippen molar-refractivity contribution in [1.82, 2.24) is 19.8 Å². The van der Waals surface area contributed by atoms with E-state index in [2.05, 4.69) is 27.1 Å². The number of hydrogen-bond donors (Lipinski definition) is 1. The number of aryl methyl sites for hydroxylation is 1. The summed E-state index contributed by atoms with van der Waals surface area (Å²) in [5.41, 5.74) is 1.31. The molecule has 0 saturated carbocycles. The zero-order chi connectivity index (χ0) is 19.2. The summed E-state index contributed by atoms with van der Waals surface area (Å²) in [4.78, 5) is 25.8. The Morgan fingerprint density at radius 3 is 2.44 bits per heavy atom. The number of nitrogens with zero attached hydrogens (tertiary/aromatic N) is 4. The van der Waals surface area contributed by atoms with Crippen molar-refractivity contribution in [2.75, 3.05) is 44.6 Å². The van der Waals surface area contributed by atoms with Crippen LogP contribution in [0.5, 0.6) is 5.75 Å². The number of amides is 1. The summed E-state index contributed by atoms with van der Waals surface area (Å²) in [6.07, 6.45) is 0. The second-order valence-corrected chi connectivity index (χ2v) is 6.49. The van der Waals surface area contributed by atoms with Gasteiger partial charge in [0.05, 0.1) is 6.61 Å². The highest BCUT2D eigenvalue weighted by molar-refractivity contribution is 5.93. The van der Waals surface area contributed by atoms with Gasteiger partial charge in [-0.2, -0.15) is 0 Å². The third kappa shape index (κ3) is 4.95. The van der Waals surface area contributed by atoms with E-state index in [4.69, 9.17) is 4.74 Å². The summed E-state index contributed by atoms with van der Waals surface area (Å²) in [6, 6.07) is 9.37. The van der Waals surface area contributed by atoms with E-state index in [0.29, 0.717) is 23.9 Å². The van der Waals surface area contributed by atoms with Gasteiger partial charge in [0.15, 0.2) is 0 Å². The lowest BCUT2D eigenvalue weighted by Gasteiger charge is -2.33. The van der Waals surface area contributed by atoms with Crippen molar-refractivity contribution >= 4 is 17.4 Å². The van der Waals surface area contributed by atoms with Crippen LogP contribution in [0.4, 0.5) is 11.5 Å². The van der Waals surface area contributed by atoms with Crippen LogP contribution in [-0.4, -0.2) is 65.0 Å². The first kappa shape index (κ1) is 19.1. The molecule has 0 atom stereocenters. The smallest absolute Gasteiger partial charge is 0.272 e. The number of hydrogen-bond acceptors (Lipinski definition) is 6. The van der Waals surface area contributed by atoms with Crippen LogP contribution in [0.1, 0.15) is 30.2 Å². The number of anilines is 2. The van der Waals surface area contributed by atoms with E-state index < -0.39 is 0 Å². The van der Waals surface area contributed by atoms with Crippen molar-refractivity contribution in [2.45, 2.75) is 20.8 Å². The molecule has 1 fully saturated rings. The average molecular weight is 369 g/mol. The van der Waals surface area contributed by atoms with Crippen LogP contribution >= 0.6 is 0 Å². The van der Waals surface area contributed by atoms with Gasteiger partial charge in [0, 0.05) is 37.9 Å². The van der Waals surface area contributed by atoms with Gasteiger partial charge in [-0.25, -0.2) is 9.97 Å². The van der Waals surface area contributed by atoms with Gasteiger partial charge in [0.25, 0.3) is 5.91 Å². The molecular formula is C20H27N5O2. The Morgan fingerprint density at radius 1 is 1.11 bits per heavy atom. The number of rotatable bonds is 6. The van der Waals surface area contributed by atoms with Gasteiger partial charge >= 0.3 is 0 Å². The SMILES string of the molecule is CCOc1ccc(Nc2cc(C(=O)N3CCN(CC)CC3)nc(C)n2)cc1. The zero-order valence-corrected chi connectivity index (χ0v) is 16.2. The first-order chi connectivity index (χ1) is 13.1. The molecule has 1 saturated heterocycles. The first-order valence-electron chi connectivity index (χ1n) is 9.46. The Morgan fingerprint density at radius 2 is 1.81 bits per heavy atom. The maximum Gasteiger partial charge on any atom is 0.272 e. The number of nitrogens with one attached hydrogen (secondary N) is 1. The molecule has 1 amide bonds. The number of aromatic nitrogens is 2. The van der Waals surface area contributed by atoms with Crippen LogP contribution in [0, 0.1) is 6.92 Å². The van der Waals surface area contributed by atoms with E-state index in [1.54, 1.807) is 13.0 Å². The van der Waals surface area contributed by atoms with Gasteiger partial charge in [-0.3, -0.25) is 4.79 Å².